The van der Waals surface area contributed by atoms with Crippen molar-refractivity contribution in [2.75, 3.05) is 5.32 Å². The summed E-state index contributed by atoms with van der Waals surface area (Å²) in [5.41, 5.74) is 3.66. The van der Waals surface area contributed by atoms with Gasteiger partial charge in [0.25, 0.3) is 5.82 Å². The highest BCUT2D eigenvalue weighted by molar-refractivity contribution is 6.31. The summed E-state index contributed by atoms with van der Waals surface area (Å²) in [6.07, 6.45) is 4.68. The van der Waals surface area contributed by atoms with Crippen molar-refractivity contribution in [1.82, 2.24) is 29.4 Å². The Morgan fingerprint density at radius 1 is 1.23 bits per heavy atom. The Kier molecular flexibility index (Phi) is 5.76. The summed E-state index contributed by atoms with van der Waals surface area (Å²) in [6, 6.07) is 5.36. The molecule has 0 fully saturated rings. The third kappa shape index (κ3) is 4.14. The molecule has 0 aliphatic rings. The van der Waals surface area contributed by atoms with E-state index in [2.05, 4.69) is 33.4 Å². The molecule has 0 aliphatic carbocycles. The topological polar surface area (TPSA) is 97.5 Å². The molecule has 0 saturated heterocycles. The first-order valence-electron chi connectivity index (χ1n) is 11.3. The van der Waals surface area contributed by atoms with Crippen molar-refractivity contribution >= 4 is 34.1 Å². The van der Waals surface area contributed by atoms with Gasteiger partial charge in [-0.15, -0.1) is 4.52 Å². The highest BCUT2D eigenvalue weighted by Crippen LogP contribution is 2.24. The zero-order valence-electron chi connectivity index (χ0n) is 19.9. The average Bonchev–Trinajstić information content (AvgIpc) is 3.37. The van der Waals surface area contributed by atoms with E-state index in [0.717, 1.165) is 29.0 Å². The van der Waals surface area contributed by atoms with Gasteiger partial charge in [0.1, 0.15) is 17.8 Å². The van der Waals surface area contributed by atoms with E-state index in [1.807, 2.05) is 29.4 Å². The van der Waals surface area contributed by atoms with Gasteiger partial charge in [0.2, 0.25) is 0 Å². The molecular weight excluding hydrogens is 471 g/mol. The van der Waals surface area contributed by atoms with E-state index in [1.165, 1.54) is 0 Å². The van der Waals surface area contributed by atoms with Gasteiger partial charge in [-0.3, -0.25) is 9.67 Å². The number of hydrogen-bond donors (Lipinski definition) is 2. The minimum absolute atomic E-state index is 0.0792. The standard InChI is InChI=1S/C24H24ClFN8O/c1-5-19-28-23-14(3)8-15(11-34(23)32(19)4)10-33-12-17-21(29-24(35)30-22(17)31-33)27-9-16-18(25)7-6-13(2)20(16)26/h6-8,11-12H,5,9-10H2,1-4H3,(H-,27,29,30,31,35)/p+1. The summed E-state index contributed by atoms with van der Waals surface area (Å²) >= 11 is 6.19. The molecule has 0 unspecified atom stereocenters. The Balaban J connectivity index is 1.48. The second kappa shape index (κ2) is 8.77. The van der Waals surface area contributed by atoms with Crippen LogP contribution in [0.25, 0.3) is 16.7 Å². The lowest BCUT2D eigenvalue weighted by Gasteiger charge is -2.10. The van der Waals surface area contributed by atoms with E-state index >= 15 is 0 Å². The minimum Gasteiger partial charge on any atom is -0.365 e. The minimum atomic E-state index is -0.545. The molecule has 1 aromatic carbocycles. The number of nitrogens with one attached hydrogen (secondary N) is 2. The number of aryl methyl sites for hydroxylation is 4. The maximum atomic E-state index is 14.6. The lowest BCUT2D eigenvalue weighted by Crippen LogP contribution is -2.32. The first-order chi connectivity index (χ1) is 16.7. The van der Waals surface area contributed by atoms with Gasteiger partial charge >= 0.3 is 11.3 Å². The molecule has 0 radical (unpaired) electrons. The number of anilines is 1. The van der Waals surface area contributed by atoms with Gasteiger partial charge < -0.3 is 5.32 Å². The second-order valence-corrected chi connectivity index (χ2v) is 9.00. The quantitative estimate of drug-likeness (QED) is 0.352. The van der Waals surface area contributed by atoms with Crippen molar-refractivity contribution in [2.24, 2.45) is 7.05 Å². The first-order valence-corrected chi connectivity index (χ1v) is 11.6. The monoisotopic (exact) mass is 495 g/mol. The van der Waals surface area contributed by atoms with E-state index < -0.39 is 5.69 Å². The van der Waals surface area contributed by atoms with E-state index in [-0.39, 0.29) is 12.4 Å². The fraction of sp³-hybridized carbons (Fsp3) is 0.292. The van der Waals surface area contributed by atoms with E-state index in [1.54, 1.807) is 29.9 Å². The molecule has 0 amide bonds. The third-order valence-electron chi connectivity index (χ3n) is 6.12. The molecule has 35 heavy (non-hydrogen) atoms. The van der Waals surface area contributed by atoms with E-state index in [0.29, 0.717) is 39.5 Å². The van der Waals surface area contributed by atoms with Crippen LogP contribution in [0.15, 0.2) is 35.4 Å². The SMILES string of the molecule is CCc1nc2c(C)cc(Cn3cc4c(NCc5c(Cl)ccc(C)c5F)nc(=O)[nH]c4n3)c[n+]2n1C. The first kappa shape index (κ1) is 23.0. The summed E-state index contributed by atoms with van der Waals surface area (Å²) in [6.45, 7) is 6.34. The van der Waals surface area contributed by atoms with Crippen molar-refractivity contribution in [3.63, 3.8) is 0 Å². The third-order valence-corrected chi connectivity index (χ3v) is 6.47. The number of fused-ring (bicyclic) bond motifs is 2. The van der Waals surface area contributed by atoms with Crippen molar-refractivity contribution < 1.29 is 8.91 Å². The molecule has 9 nitrogen and oxygen atoms in total. The number of benzene rings is 1. The second-order valence-electron chi connectivity index (χ2n) is 8.59. The highest BCUT2D eigenvalue weighted by atomic mass is 35.5. The van der Waals surface area contributed by atoms with Crippen LogP contribution in [0.3, 0.4) is 0 Å². The van der Waals surface area contributed by atoms with Crippen LogP contribution in [0.5, 0.6) is 0 Å². The number of nitrogens with zero attached hydrogens (tertiary/aromatic N) is 6. The molecule has 180 valence electrons. The maximum absolute atomic E-state index is 14.6. The van der Waals surface area contributed by atoms with Gasteiger partial charge in [0, 0.05) is 40.9 Å². The molecule has 0 atom stereocenters. The Hall–Kier alpha value is -3.79. The molecule has 0 spiro atoms. The van der Waals surface area contributed by atoms with Gasteiger partial charge in [-0.05, 0) is 36.5 Å². The van der Waals surface area contributed by atoms with Gasteiger partial charge in [0.15, 0.2) is 5.65 Å². The fourth-order valence-corrected chi connectivity index (χ4v) is 4.50. The molecule has 5 aromatic rings. The van der Waals surface area contributed by atoms with E-state index in [4.69, 9.17) is 16.6 Å². The highest BCUT2D eigenvalue weighted by Gasteiger charge is 2.20. The Labute approximate surface area is 205 Å². The number of halogens is 2. The zero-order chi connectivity index (χ0) is 24.9. The van der Waals surface area contributed by atoms with Crippen LogP contribution >= 0.6 is 11.6 Å². The molecular formula is C24H25ClFN8O+. The number of H-pyrrole nitrogens is 1. The lowest BCUT2D eigenvalue weighted by molar-refractivity contribution is -0.608. The van der Waals surface area contributed by atoms with Crippen molar-refractivity contribution in [3.05, 3.63) is 80.0 Å². The molecule has 5 rings (SSSR count). The number of aromatic amines is 1. The summed E-state index contributed by atoms with van der Waals surface area (Å²) in [4.78, 5) is 23.6. The Morgan fingerprint density at radius 2 is 2.03 bits per heavy atom. The predicted molar refractivity (Wildman–Crippen MR) is 131 cm³/mol. The Bertz CT molecular complexity index is 1650. The summed E-state index contributed by atoms with van der Waals surface area (Å²) in [5, 5.41) is 8.52. The maximum Gasteiger partial charge on any atom is 0.351 e. The van der Waals surface area contributed by atoms with Crippen LogP contribution in [0.1, 0.15) is 35.0 Å². The predicted octanol–water partition coefficient (Wildman–Crippen LogP) is 3.22. The fourth-order valence-electron chi connectivity index (χ4n) is 4.29. The molecule has 0 aliphatic heterocycles. The average molecular weight is 496 g/mol. The van der Waals surface area contributed by atoms with Crippen molar-refractivity contribution in [2.45, 2.75) is 40.3 Å². The molecule has 0 saturated carbocycles. The zero-order valence-corrected chi connectivity index (χ0v) is 20.6. The van der Waals surface area contributed by atoms with Crippen LogP contribution in [-0.2, 0) is 26.6 Å². The number of aromatic nitrogens is 7. The van der Waals surface area contributed by atoms with Crippen molar-refractivity contribution in [3.8, 4) is 0 Å². The van der Waals surface area contributed by atoms with Crippen LogP contribution in [0.4, 0.5) is 10.2 Å². The summed E-state index contributed by atoms with van der Waals surface area (Å²) in [5.74, 6) is 0.929. The number of pyridine rings is 1. The largest absolute Gasteiger partial charge is 0.365 e. The Morgan fingerprint density at radius 3 is 2.80 bits per heavy atom. The molecule has 11 heteroatoms. The van der Waals surface area contributed by atoms with Crippen LogP contribution in [0, 0.1) is 19.7 Å². The molecule has 4 heterocycles. The molecule has 4 aromatic heterocycles. The lowest BCUT2D eigenvalue weighted by atomic mass is 10.1. The van der Waals surface area contributed by atoms with Gasteiger partial charge in [-0.25, -0.2) is 9.18 Å². The van der Waals surface area contributed by atoms with Gasteiger partial charge in [-0.2, -0.15) is 14.8 Å². The van der Waals surface area contributed by atoms with E-state index in [9.17, 15) is 9.18 Å². The van der Waals surface area contributed by atoms with Gasteiger partial charge in [0.05, 0.1) is 19.0 Å². The summed E-state index contributed by atoms with van der Waals surface area (Å²) in [7, 11) is 1.99. The molecule has 0 bridgehead atoms. The van der Waals surface area contributed by atoms with Crippen LogP contribution in [-0.4, -0.2) is 29.4 Å². The summed E-state index contributed by atoms with van der Waals surface area (Å²) < 4.78 is 20.4. The molecule has 2 N–H and O–H groups in total. The number of hydrogen-bond acceptors (Lipinski definition) is 5. The van der Waals surface area contributed by atoms with Crippen LogP contribution in [0.2, 0.25) is 5.02 Å². The normalized spacial score (nSPS) is 11.6. The van der Waals surface area contributed by atoms with Crippen LogP contribution < -0.4 is 15.5 Å². The van der Waals surface area contributed by atoms with Gasteiger partial charge in [-0.1, -0.05) is 24.6 Å². The van der Waals surface area contributed by atoms with Crippen molar-refractivity contribution in [1.29, 1.82) is 0 Å². The smallest absolute Gasteiger partial charge is 0.351 e. The number of rotatable bonds is 6.